The van der Waals surface area contributed by atoms with Crippen LogP contribution < -0.4 is 10.6 Å². The van der Waals surface area contributed by atoms with E-state index in [1.807, 2.05) is 0 Å². The van der Waals surface area contributed by atoms with Crippen LogP contribution in [0.5, 0.6) is 5.75 Å². The molecule has 2 saturated heterocycles. The van der Waals surface area contributed by atoms with Gasteiger partial charge in [-0.1, -0.05) is 42.0 Å². The van der Waals surface area contributed by atoms with Crippen molar-refractivity contribution in [1.29, 1.82) is 0 Å². The molecule has 4 aliphatic rings. The molecular formula is C31H22Cl2FN3O6. The number of phenolic OH excluding ortho intramolecular Hbond substituents is 1. The number of nitrogens with two attached hydrogens (primary N) is 1. The maximum absolute atomic E-state index is 14.4. The number of likely N-dealkylation sites (tertiary alicyclic amines) is 1. The molecule has 43 heavy (non-hydrogen) atoms. The van der Waals surface area contributed by atoms with Crippen LogP contribution >= 0.6 is 23.2 Å². The number of alkyl halides is 2. The van der Waals surface area contributed by atoms with Crippen molar-refractivity contribution in [2.24, 2.45) is 23.5 Å². The van der Waals surface area contributed by atoms with E-state index < -0.39 is 68.9 Å². The molecule has 1 saturated carbocycles. The number of allylic oxidation sites excluding steroid dienone is 2. The van der Waals surface area contributed by atoms with E-state index in [4.69, 9.17) is 28.9 Å². The molecule has 7 rings (SSSR count). The molecule has 3 N–H and O–H groups in total. The fourth-order valence-corrected chi connectivity index (χ4v) is 8.44. The van der Waals surface area contributed by atoms with E-state index in [1.54, 1.807) is 36.4 Å². The molecule has 0 aromatic heterocycles. The van der Waals surface area contributed by atoms with Crippen LogP contribution in [0.15, 0.2) is 72.3 Å². The van der Waals surface area contributed by atoms with Gasteiger partial charge in [-0.15, -0.1) is 23.2 Å². The smallest absolute Gasteiger partial charge is 0.328 e. The van der Waals surface area contributed by atoms with Crippen molar-refractivity contribution in [3.63, 3.8) is 0 Å². The number of rotatable bonds is 2. The summed E-state index contributed by atoms with van der Waals surface area (Å²) in [6, 6.07) is 13.6. The number of nitrogens with zero attached hydrogens (tertiary/aromatic N) is 2. The van der Waals surface area contributed by atoms with Crippen LogP contribution in [0.4, 0.5) is 14.9 Å². The minimum absolute atomic E-state index is 0.0267. The number of hydrogen-bond donors (Lipinski definition) is 2. The van der Waals surface area contributed by atoms with Crippen LogP contribution in [-0.4, -0.2) is 49.4 Å². The number of hydrogen-bond acceptors (Lipinski definition) is 6. The minimum Gasteiger partial charge on any atom is -0.508 e. The van der Waals surface area contributed by atoms with Gasteiger partial charge in [0.1, 0.15) is 11.6 Å². The molecule has 0 bridgehead atoms. The average Bonchev–Trinajstić information content (AvgIpc) is 3.32. The van der Waals surface area contributed by atoms with Crippen LogP contribution in [0.25, 0.3) is 10.8 Å². The Hall–Kier alpha value is -4.28. The summed E-state index contributed by atoms with van der Waals surface area (Å²) in [5.74, 6) is -8.39. The number of aromatic hydroxyl groups is 1. The van der Waals surface area contributed by atoms with Gasteiger partial charge in [0.15, 0.2) is 9.75 Å². The van der Waals surface area contributed by atoms with Gasteiger partial charge < -0.3 is 10.8 Å². The molecule has 3 aromatic carbocycles. The fourth-order valence-electron chi connectivity index (χ4n) is 7.52. The Morgan fingerprint density at radius 1 is 0.930 bits per heavy atom. The van der Waals surface area contributed by atoms with Gasteiger partial charge in [-0.2, -0.15) is 4.90 Å². The highest BCUT2D eigenvalue weighted by Crippen LogP contribution is 2.67. The fraction of sp³-hybridized carbons (Fsp3) is 0.258. The van der Waals surface area contributed by atoms with Crippen LogP contribution in [0.3, 0.4) is 0 Å². The quantitative estimate of drug-likeness (QED) is 0.248. The maximum atomic E-state index is 14.4. The number of urea groups is 1. The third-order valence-corrected chi connectivity index (χ3v) is 10.8. The molecule has 0 radical (unpaired) electrons. The zero-order valence-corrected chi connectivity index (χ0v) is 23.7. The van der Waals surface area contributed by atoms with Crippen molar-refractivity contribution >= 4 is 69.3 Å². The van der Waals surface area contributed by atoms with E-state index in [1.165, 1.54) is 18.2 Å². The predicted molar refractivity (Wildman–Crippen MR) is 154 cm³/mol. The molecule has 3 aromatic rings. The number of imide groups is 4. The first kappa shape index (κ1) is 27.5. The summed E-state index contributed by atoms with van der Waals surface area (Å²) in [7, 11) is 0. The van der Waals surface area contributed by atoms with Gasteiger partial charge in [0, 0.05) is 11.5 Å². The van der Waals surface area contributed by atoms with Crippen molar-refractivity contribution in [3.8, 4) is 5.75 Å². The summed E-state index contributed by atoms with van der Waals surface area (Å²) in [6.45, 7) is 0. The number of primary amides is 1. The number of fused-ring (bicyclic) bond motifs is 5. The second-order valence-electron chi connectivity index (χ2n) is 11.3. The Balaban J connectivity index is 1.50. The molecule has 9 nitrogen and oxygen atoms in total. The van der Waals surface area contributed by atoms with E-state index in [0.717, 1.165) is 17.0 Å². The lowest BCUT2D eigenvalue weighted by atomic mass is 9.56. The number of carbonyl (C=O) groups is 5. The van der Waals surface area contributed by atoms with Crippen LogP contribution in [-0.2, 0) is 19.2 Å². The zero-order chi connectivity index (χ0) is 30.6. The lowest BCUT2D eigenvalue weighted by molar-refractivity contribution is -0.136. The third-order valence-electron chi connectivity index (χ3n) is 9.35. The predicted octanol–water partition coefficient (Wildman–Crippen LogP) is 4.33. The van der Waals surface area contributed by atoms with Gasteiger partial charge in [0.05, 0.1) is 17.5 Å². The molecule has 6 unspecified atom stereocenters. The van der Waals surface area contributed by atoms with Crippen molar-refractivity contribution in [2.45, 2.75) is 28.5 Å². The van der Waals surface area contributed by atoms with E-state index in [0.29, 0.717) is 21.2 Å². The van der Waals surface area contributed by atoms with Gasteiger partial charge in [-0.05, 0) is 59.9 Å². The van der Waals surface area contributed by atoms with Gasteiger partial charge in [0.25, 0.3) is 11.8 Å². The molecular weight excluding hydrogens is 600 g/mol. The largest absolute Gasteiger partial charge is 0.508 e. The third kappa shape index (κ3) is 3.41. The SMILES string of the molecule is NC(=O)N1C(=O)C2CC=C3C(CC4(Cl)C(=O)N(c5ccc(F)cc5)C(=O)C4(Cl)C3c3c(O)ccc4ccccc34)C2C1=O. The molecule has 6 amide bonds. The molecule has 3 fully saturated rings. The summed E-state index contributed by atoms with van der Waals surface area (Å²) in [4.78, 5) is 64.3. The Bertz CT molecular complexity index is 1850. The normalized spacial score (nSPS) is 31.7. The highest BCUT2D eigenvalue weighted by molar-refractivity contribution is 6.58. The Morgan fingerprint density at radius 3 is 2.33 bits per heavy atom. The first-order chi connectivity index (χ1) is 20.4. The van der Waals surface area contributed by atoms with E-state index in [2.05, 4.69) is 0 Å². The first-order valence-electron chi connectivity index (χ1n) is 13.5. The monoisotopic (exact) mass is 621 g/mol. The number of carbonyl (C=O) groups excluding carboxylic acids is 5. The molecule has 6 atom stereocenters. The molecule has 2 heterocycles. The summed E-state index contributed by atoms with van der Waals surface area (Å²) >= 11 is 14.7. The number of benzene rings is 3. The Kier molecular flexibility index (Phi) is 5.84. The second-order valence-corrected chi connectivity index (χ2v) is 12.6. The topological polar surface area (TPSA) is 138 Å². The van der Waals surface area contributed by atoms with Crippen molar-refractivity contribution < 1.29 is 33.5 Å². The molecule has 218 valence electrons. The number of anilines is 1. The van der Waals surface area contributed by atoms with Gasteiger partial charge in [0.2, 0.25) is 11.8 Å². The number of phenols is 1. The average molecular weight is 622 g/mol. The van der Waals surface area contributed by atoms with Gasteiger partial charge in [-0.25, -0.2) is 14.1 Å². The standard InChI is InChI=1S/C31H22Cl2FN3O6/c32-30-13-20-18(10-11-19-22(20)26(40)37(25(19)39)29(35)43)24(23-17-4-2-1-3-14(17)5-12-21(23)38)31(30,33)28(42)36(27(30)41)16-8-6-15(34)7-9-16/h1-10,12,19-20,22,24,38H,11,13H2,(H2,35,43). The van der Waals surface area contributed by atoms with Gasteiger partial charge in [-0.3, -0.25) is 19.2 Å². The lowest BCUT2D eigenvalue weighted by Gasteiger charge is -2.51. The molecule has 0 spiro atoms. The van der Waals surface area contributed by atoms with Crippen molar-refractivity contribution in [2.75, 3.05) is 4.90 Å². The van der Waals surface area contributed by atoms with E-state index in [-0.39, 0.29) is 29.8 Å². The maximum Gasteiger partial charge on any atom is 0.328 e. The molecule has 2 aliphatic heterocycles. The van der Waals surface area contributed by atoms with Crippen LogP contribution in [0.1, 0.15) is 24.3 Å². The highest BCUT2D eigenvalue weighted by Gasteiger charge is 2.77. The summed E-state index contributed by atoms with van der Waals surface area (Å²) in [6.07, 6.45) is 1.38. The Morgan fingerprint density at radius 2 is 1.63 bits per heavy atom. The Labute approximate surface area is 253 Å². The zero-order valence-electron chi connectivity index (χ0n) is 22.2. The summed E-state index contributed by atoms with van der Waals surface area (Å²) < 4.78 is 13.8. The summed E-state index contributed by atoms with van der Waals surface area (Å²) in [5.41, 5.74) is 6.08. The number of amides is 6. The lowest BCUT2D eigenvalue weighted by Crippen LogP contribution is -2.60. The van der Waals surface area contributed by atoms with Crippen molar-refractivity contribution in [3.05, 3.63) is 83.7 Å². The van der Waals surface area contributed by atoms with Crippen molar-refractivity contribution in [1.82, 2.24) is 4.90 Å². The molecule has 2 aliphatic carbocycles. The van der Waals surface area contributed by atoms with E-state index >= 15 is 0 Å². The first-order valence-corrected chi connectivity index (χ1v) is 14.3. The minimum atomic E-state index is -2.22. The van der Waals surface area contributed by atoms with Crippen LogP contribution in [0.2, 0.25) is 0 Å². The van der Waals surface area contributed by atoms with E-state index in [9.17, 15) is 33.5 Å². The molecule has 12 heteroatoms. The number of halogens is 3. The van der Waals surface area contributed by atoms with Crippen LogP contribution in [0, 0.1) is 23.6 Å². The van der Waals surface area contributed by atoms with Gasteiger partial charge >= 0.3 is 6.03 Å². The second kappa shape index (κ2) is 9.11. The summed E-state index contributed by atoms with van der Waals surface area (Å²) in [5, 5.41) is 12.6. The highest BCUT2D eigenvalue weighted by atomic mass is 35.5.